The topological polar surface area (TPSA) is 90.6 Å². The number of hydrogen-bond donors (Lipinski definition) is 3. The number of urea groups is 1. The maximum absolute atomic E-state index is 12.0. The summed E-state index contributed by atoms with van der Waals surface area (Å²) in [5.74, 6) is 1.35. The molecule has 0 spiro atoms. The van der Waals surface area contributed by atoms with Gasteiger partial charge in [-0.05, 0) is 45.2 Å². The lowest BCUT2D eigenvalue weighted by molar-refractivity contribution is 0.0924. The van der Waals surface area contributed by atoms with E-state index in [9.17, 15) is 9.90 Å². The van der Waals surface area contributed by atoms with Crippen molar-refractivity contribution in [3.8, 4) is 0 Å². The van der Waals surface area contributed by atoms with Crippen molar-refractivity contribution in [2.24, 2.45) is 5.92 Å². The molecular weight excluding hydrogens is 296 g/mol. The third-order valence-electron chi connectivity index (χ3n) is 4.35. The Labute approximate surface area is 137 Å². The summed E-state index contributed by atoms with van der Waals surface area (Å²) in [6, 6.07) is -0.350. The van der Waals surface area contributed by atoms with Crippen LogP contribution in [0.15, 0.2) is 4.52 Å². The van der Waals surface area contributed by atoms with Crippen LogP contribution in [0.4, 0.5) is 10.5 Å². The Bertz CT molecular complexity index is 509. The van der Waals surface area contributed by atoms with E-state index < -0.39 is 6.10 Å². The van der Waals surface area contributed by atoms with Crippen molar-refractivity contribution in [3.05, 3.63) is 11.5 Å². The average molecular weight is 324 g/mol. The monoisotopic (exact) mass is 324 g/mol. The Morgan fingerprint density at radius 1 is 1.48 bits per heavy atom. The fraction of sp³-hybridized carbons (Fsp3) is 0.750. The van der Waals surface area contributed by atoms with Gasteiger partial charge in [-0.2, -0.15) is 0 Å². The third-order valence-corrected chi connectivity index (χ3v) is 4.35. The van der Waals surface area contributed by atoms with Gasteiger partial charge < -0.3 is 25.2 Å². The molecular formula is C16H28N4O3. The highest BCUT2D eigenvalue weighted by Gasteiger charge is 2.19. The zero-order valence-electron chi connectivity index (χ0n) is 14.3. The summed E-state index contributed by atoms with van der Waals surface area (Å²) in [5, 5.41) is 19.4. The van der Waals surface area contributed by atoms with Crippen LogP contribution in [-0.2, 0) is 6.42 Å². The van der Waals surface area contributed by atoms with E-state index in [2.05, 4.69) is 27.6 Å². The highest BCUT2D eigenvalue weighted by molar-refractivity contribution is 5.90. The molecule has 7 heteroatoms. The molecule has 1 aliphatic heterocycles. The fourth-order valence-corrected chi connectivity index (χ4v) is 2.79. The number of aromatic nitrogens is 1. The molecule has 130 valence electrons. The van der Waals surface area contributed by atoms with Gasteiger partial charge >= 0.3 is 6.03 Å². The van der Waals surface area contributed by atoms with Gasteiger partial charge in [0.25, 0.3) is 0 Å². The molecule has 0 aliphatic carbocycles. The van der Waals surface area contributed by atoms with Gasteiger partial charge in [-0.3, -0.25) is 0 Å². The molecule has 0 bridgehead atoms. The molecule has 1 saturated heterocycles. The van der Waals surface area contributed by atoms with E-state index in [4.69, 9.17) is 4.52 Å². The number of amides is 2. The first-order valence-corrected chi connectivity index (χ1v) is 8.40. The van der Waals surface area contributed by atoms with Crippen molar-refractivity contribution in [2.45, 2.75) is 46.1 Å². The Kier molecular flexibility index (Phi) is 6.41. The smallest absolute Gasteiger partial charge is 0.319 e. The summed E-state index contributed by atoms with van der Waals surface area (Å²) in [5.41, 5.74) is 1.34. The summed E-state index contributed by atoms with van der Waals surface area (Å²) >= 11 is 0. The van der Waals surface area contributed by atoms with Gasteiger partial charge in [0.05, 0.1) is 6.10 Å². The van der Waals surface area contributed by atoms with Gasteiger partial charge in [0, 0.05) is 13.1 Å². The Balaban J connectivity index is 1.72. The minimum atomic E-state index is -0.566. The molecule has 1 aliphatic rings. The van der Waals surface area contributed by atoms with Crippen molar-refractivity contribution < 1.29 is 14.4 Å². The number of hydrogen-bond acceptors (Lipinski definition) is 5. The molecule has 2 rings (SSSR count). The van der Waals surface area contributed by atoms with E-state index >= 15 is 0 Å². The molecule has 2 amide bonds. The number of nitrogens with one attached hydrogen (secondary N) is 2. The molecule has 1 unspecified atom stereocenters. The number of β-amino-alcohol motifs (C(OH)–C–C–N with tert-alkyl or cyclic N) is 1. The Hall–Kier alpha value is -1.60. The molecule has 0 saturated carbocycles. The lowest BCUT2D eigenvalue weighted by Gasteiger charge is -2.31. The van der Waals surface area contributed by atoms with Crippen LogP contribution in [-0.4, -0.2) is 53.5 Å². The number of carbonyl (C=O) groups is 1. The maximum atomic E-state index is 12.0. The van der Waals surface area contributed by atoms with Crippen LogP contribution >= 0.6 is 0 Å². The largest absolute Gasteiger partial charge is 0.390 e. The average Bonchev–Trinajstić information content (AvgIpc) is 2.88. The van der Waals surface area contributed by atoms with Crippen LogP contribution in [0.3, 0.4) is 0 Å². The van der Waals surface area contributed by atoms with Gasteiger partial charge in [-0.1, -0.05) is 19.0 Å². The summed E-state index contributed by atoms with van der Waals surface area (Å²) < 4.78 is 5.07. The van der Waals surface area contributed by atoms with E-state index in [1.807, 2.05) is 6.92 Å². The number of aliphatic hydroxyl groups is 1. The minimum absolute atomic E-state index is 0.226. The quantitative estimate of drug-likeness (QED) is 0.742. The van der Waals surface area contributed by atoms with Crippen molar-refractivity contribution >= 4 is 11.7 Å². The van der Waals surface area contributed by atoms with Crippen LogP contribution in [0.25, 0.3) is 0 Å². The highest BCUT2D eigenvalue weighted by atomic mass is 16.5. The lowest BCUT2D eigenvalue weighted by atomic mass is 9.99. The number of nitrogens with zero attached hydrogens (tertiary/aromatic N) is 2. The minimum Gasteiger partial charge on any atom is -0.390 e. The zero-order chi connectivity index (χ0) is 16.8. The standard InChI is InChI=1S/C16H28N4O3/c1-4-14-15(12(3)23-19-14)18-16(22)17-9-13(21)10-20-7-5-11(2)6-8-20/h11,13,21H,4-10H2,1-3H3,(H2,17,18,22). The van der Waals surface area contributed by atoms with Crippen LogP contribution in [0.5, 0.6) is 0 Å². The van der Waals surface area contributed by atoms with Gasteiger partial charge in [0.15, 0.2) is 5.76 Å². The third kappa shape index (κ3) is 5.21. The number of aliphatic hydroxyl groups excluding tert-OH is 1. The first-order chi connectivity index (χ1) is 11.0. The second-order valence-electron chi connectivity index (χ2n) is 6.39. The Morgan fingerprint density at radius 2 is 2.17 bits per heavy atom. The molecule has 1 aromatic rings. The summed E-state index contributed by atoms with van der Waals surface area (Å²) in [6.45, 7) is 8.83. The van der Waals surface area contributed by atoms with Crippen molar-refractivity contribution in [3.63, 3.8) is 0 Å². The van der Waals surface area contributed by atoms with Crippen LogP contribution in [0, 0.1) is 12.8 Å². The van der Waals surface area contributed by atoms with Crippen LogP contribution < -0.4 is 10.6 Å². The number of likely N-dealkylation sites (tertiary alicyclic amines) is 1. The van der Waals surface area contributed by atoms with E-state index in [0.29, 0.717) is 24.4 Å². The molecule has 1 aromatic heterocycles. The number of piperidine rings is 1. The summed E-state index contributed by atoms with van der Waals surface area (Å²) in [4.78, 5) is 14.2. The van der Waals surface area contributed by atoms with Crippen molar-refractivity contribution in [1.29, 1.82) is 0 Å². The number of anilines is 1. The Morgan fingerprint density at radius 3 is 2.83 bits per heavy atom. The predicted octanol–water partition coefficient (Wildman–Crippen LogP) is 1.76. The summed E-state index contributed by atoms with van der Waals surface area (Å²) in [7, 11) is 0. The highest BCUT2D eigenvalue weighted by Crippen LogP contribution is 2.20. The van der Waals surface area contributed by atoms with Gasteiger partial charge in [-0.25, -0.2) is 4.79 Å². The van der Waals surface area contributed by atoms with Crippen molar-refractivity contribution in [1.82, 2.24) is 15.4 Å². The lowest BCUT2D eigenvalue weighted by Crippen LogP contribution is -2.43. The fourth-order valence-electron chi connectivity index (χ4n) is 2.79. The SMILES string of the molecule is CCc1noc(C)c1NC(=O)NCC(O)CN1CCC(C)CC1. The predicted molar refractivity (Wildman–Crippen MR) is 88.5 cm³/mol. The van der Waals surface area contributed by atoms with E-state index in [-0.39, 0.29) is 12.6 Å². The van der Waals surface area contributed by atoms with E-state index in [0.717, 1.165) is 24.7 Å². The molecule has 0 radical (unpaired) electrons. The van der Waals surface area contributed by atoms with Gasteiger partial charge in [0.2, 0.25) is 0 Å². The number of rotatable bonds is 6. The second-order valence-corrected chi connectivity index (χ2v) is 6.39. The number of aryl methyl sites for hydroxylation is 2. The molecule has 7 nitrogen and oxygen atoms in total. The van der Waals surface area contributed by atoms with Crippen LogP contribution in [0.1, 0.15) is 38.1 Å². The molecule has 23 heavy (non-hydrogen) atoms. The normalized spacial score (nSPS) is 17.9. The van der Waals surface area contributed by atoms with Gasteiger partial charge in [-0.15, -0.1) is 0 Å². The molecule has 0 aromatic carbocycles. The van der Waals surface area contributed by atoms with Gasteiger partial charge in [0.1, 0.15) is 11.4 Å². The molecule has 2 heterocycles. The van der Waals surface area contributed by atoms with E-state index in [1.54, 1.807) is 6.92 Å². The van der Waals surface area contributed by atoms with Crippen LogP contribution in [0.2, 0.25) is 0 Å². The molecule has 1 fully saturated rings. The first kappa shape index (κ1) is 17.7. The molecule has 1 atom stereocenters. The number of carbonyl (C=O) groups excluding carboxylic acids is 1. The first-order valence-electron chi connectivity index (χ1n) is 8.40. The molecule has 3 N–H and O–H groups in total. The summed E-state index contributed by atoms with van der Waals surface area (Å²) in [6.07, 6.45) is 2.46. The van der Waals surface area contributed by atoms with E-state index in [1.165, 1.54) is 12.8 Å². The zero-order valence-corrected chi connectivity index (χ0v) is 14.3. The van der Waals surface area contributed by atoms with Crippen molar-refractivity contribution in [2.75, 3.05) is 31.5 Å². The second kappa shape index (κ2) is 8.31. The maximum Gasteiger partial charge on any atom is 0.319 e.